The summed E-state index contributed by atoms with van der Waals surface area (Å²) in [6, 6.07) is 10.1. The molecule has 1 aromatic carbocycles. The minimum atomic E-state index is -0.101. The van der Waals surface area contributed by atoms with Gasteiger partial charge in [0.1, 0.15) is 6.10 Å². The highest BCUT2D eigenvalue weighted by molar-refractivity contribution is 5.74. The molecule has 0 radical (unpaired) electrons. The lowest BCUT2D eigenvalue weighted by molar-refractivity contribution is -0.152. The first-order valence-electron chi connectivity index (χ1n) is 7.47. The number of carbonyl (C=O) groups excluding carboxylic acids is 1. The fourth-order valence-corrected chi connectivity index (χ4v) is 2.60. The van der Waals surface area contributed by atoms with Crippen molar-refractivity contribution in [1.82, 2.24) is 0 Å². The van der Waals surface area contributed by atoms with E-state index in [-0.39, 0.29) is 24.1 Å². The van der Waals surface area contributed by atoms with Crippen LogP contribution in [0.1, 0.15) is 39.2 Å². The number of cyclic esters (lactones) is 1. The first kappa shape index (κ1) is 15.0. The summed E-state index contributed by atoms with van der Waals surface area (Å²) in [6.07, 6.45) is 1.66. The highest BCUT2D eigenvalue weighted by Crippen LogP contribution is 2.29. The molecule has 0 N–H and O–H groups in total. The molecule has 0 spiro atoms. The van der Waals surface area contributed by atoms with Gasteiger partial charge >= 0.3 is 5.97 Å². The van der Waals surface area contributed by atoms with Gasteiger partial charge in [-0.1, -0.05) is 57.5 Å². The van der Waals surface area contributed by atoms with E-state index in [0.29, 0.717) is 12.5 Å². The van der Waals surface area contributed by atoms with Crippen molar-refractivity contribution in [2.45, 2.75) is 52.4 Å². The molecule has 0 aromatic heterocycles. The zero-order valence-corrected chi connectivity index (χ0v) is 12.5. The van der Waals surface area contributed by atoms with Gasteiger partial charge in [0.05, 0.1) is 18.6 Å². The topological polar surface area (TPSA) is 35.5 Å². The number of hydrogen-bond acceptors (Lipinski definition) is 3. The SMILES string of the molecule is CC[C@@H](C)[C@@H](OCc1ccccc1)[C@@H]1C[C@@H](C)C(=O)O1. The Morgan fingerprint density at radius 1 is 1.35 bits per heavy atom. The second-order valence-electron chi connectivity index (χ2n) is 5.76. The van der Waals surface area contributed by atoms with Crippen molar-refractivity contribution in [3.63, 3.8) is 0 Å². The summed E-state index contributed by atoms with van der Waals surface area (Å²) in [5.74, 6) is 0.278. The maximum atomic E-state index is 11.6. The van der Waals surface area contributed by atoms with Crippen molar-refractivity contribution in [2.24, 2.45) is 11.8 Å². The predicted octanol–water partition coefficient (Wildman–Crippen LogP) is 3.57. The average Bonchev–Trinajstić information content (AvgIpc) is 2.79. The third-order valence-electron chi connectivity index (χ3n) is 4.11. The van der Waals surface area contributed by atoms with Gasteiger partial charge in [0.25, 0.3) is 0 Å². The molecule has 110 valence electrons. The van der Waals surface area contributed by atoms with Crippen LogP contribution in [0.2, 0.25) is 0 Å². The molecule has 3 heteroatoms. The Hall–Kier alpha value is -1.35. The quantitative estimate of drug-likeness (QED) is 0.745. The maximum Gasteiger partial charge on any atom is 0.309 e. The van der Waals surface area contributed by atoms with Gasteiger partial charge in [0, 0.05) is 0 Å². The number of carbonyl (C=O) groups is 1. The van der Waals surface area contributed by atoms with Gasteiger partial charge in [-0.3, -0.25) is 4.79 Å². The highest BCUT2D eigenvalue weighted by atomic mass is 16.6. The first-order valence-corrected chi connectivity index (χ1v) is 7.47. The fourth-order valence-electron chi connectivity index (χ4n) is 2.60. The summed E-state index contributed by atoms with van der Waals surface area (Å²) in [6.45, 7) is 6.79. The molecule has 20 heavy (non-hydrogen) atoms. The van der Waals surface area contributed by atoms with Gasteiger partial charge in [-0.25, -0.2) is 0 Å². The molecule has 0 saturated carbocycles. The minimum absolute atomic E-state index is 0.00752. The maximum absolute atomic E-state index is 11.6. The van der Waals surface area contributed by atoms with Gasteiger partial charge in [-0.15, -0.1) is 0 Å². The van der Waals surface area contributed by atoms with Gasteiger partial charge in [-0.05, 0) is 17.9 Å². The minimum Gasteiger partial charge on any atom is -0.459 e. The highest BCUT2D eigenvalue weighted by Gasteiger charge is 2.38. The van der Waals surface area contributed by atoms with Crippen molar-refractivity contribution in [3.05, 3.63) is 35.9 Å². The van der Waals surface area contributed by atoms with Gasteiger partial charge in [0.15, 0.2) is 0 Å². The average molecular weight is 276 g/mol. The van der Waals surface area contributed by atoms with Crippen molar-refractivity contribution in [3.8, 4) is 0 Å². The third kappa shape index (κ3) is 3.60. The van der Waals surface area contributed by atoms with Crippen LogP contribution in [0.4, 0.5) is 0 Å². The number of esters is 1. The Morgan fingerprint density at radius 2 is 2.05 bits per heavy atom. The monoisotopic (exact) mass is 276 g/mol. The van der Waals surface area contributed by atoms with E-state index in [1.165, 1.54) is 0 Å². The van der Waals surface area contributed by atoms with Gasteiger partial charge < -0.3 is 9.47 Å². The van der Waals surface area contributed by atoms with Crippen LogP contribution in [0.5, 0.6) is 0 Å². The van der Waals surface area contributed by atoms with Crippen LogP contribution < -0.4 is 0 Å². The Labute approximate surface area is 121 Å². The van der Waals surface area contributed by atoms with E-state index in [1.807, 2.05) is 25.1 Å². The molecule has 0 amide bonds. The first-order chi connectivity index (χ1) is 9.61. The van der Waals surface area contributed by atoms with Crippen molar-refractivity contribution >= 4 is 5.97 Å². The van der Waals surface area contributed by atoms with Gasteiger partial charge in [-0.2, -0.15) is 0 Å². The van der Waals surface area contributed by atoms with E-state index in [2.05, 4.69) is 26.0 Å². The van der Waals surface area contributed by atoms with Crippen molar-refractivity contribution in [1.29, 1.82) is 0 Å². The Bertz CT molecular complexity index is 429. The summed E-state index contributed by atoms with van der Waals surface area (Å²) in [5.41, 5.74) is 1.15. The molecule has 0 bridgehead atoms. The lowest BCUT2D eigenvalue weighted by atomic mass is 9.93. The number of rotatable bonds is 6. The van der Waals surface area contributed by atoms with Crippen LogP contribution >= 0.6 is 0 Å². The zero-order valence-electron chi connectivity index (χ0n) is 12.5. The van der Waals surface area contributed by atoms with E-state index in [1.54, 1.807) is 0 Å². The van der Waals surface area contributed by atoms with Crippen molar-refractivity contribution in [2.75, 3.05) is 0 Å². The summed E-state index contributed by atoms with van der Waals surface area (Å²) in [7, 11) is 0. The Balaban J connectivity index is 1.99. The smallest absolute Gasteiger partial charge is 0.309 e. The normalized spacial score (nSPS) is 25.2. The molecule has 4 atom stereocenters. The fraction of sp³-hybridized carbons (Fsp3) is 0.588. The Kier molecular flexibility index (Phi) is 5.18. The van der Waals surface area contributed by atoms with E-state index < -0.39 is 0 Å². The lowest BCUT2D eigenvalue weighted by Crippen LogP contribution is -2.34. The van der Waals surface area contributed by atoms with Crippen LogP contribution in [-0.4, -0.2) is 18.2 Å². The zero-order chi connectivity index (χ0) is 14.5. The van der Waals surface area contributed by atoms with Crippen LogP contribution in [0.25, 0.3) is 0 Å². The summed E-state index contributed by atoms with van der Waals surface area (Å²) >= 11 is 0. The molecule has 1 aliphatic rings. The molecule has 1 aromatic rings. The molecule has 0 unspecified atom stereocenters. The number of hydrogen-bond donors (Lipinski definition) is 0. The standard InChI is InChI=1S/C17H24O3/c1-4-12(2)16(15-10-13(3)17(18)20-15)19-11-14-8-6-5-7-9-14/h5-9,12-13,15-16H,4,10-11H2,1-3H3/t12-,13-,15+,16-/m1/s1. The second kappa shape index (κ2) is 6.89. The second-order valence-corrected chi connectivity index (χ2v) is 5.76. The van der Waals surface area contributed by atoms with E-state index in [9.17, 15) is 4.79 Å². The van der Waals surface area contributed by atoms with Crippen LogP contribution in [0, 0.1) is 11.8 Å². The van der Waals surface area contributed by atoms with E-state index >= 15 is 0 Å². The number of benzene rings is 1. The predicted molar refractivity (Wildman–Crippen MR) is 78.1 cm³/mol. The molecular weight excluding hydrogens is 252 g/mol. The summed E-state index contributed by atoms with van der Waals surface area (Å²) in [4.78, 5) is 11.6. The molecule has 2 rings (SSSR count). The van der Waals surface area contributed by atoms with Crippen molar-refractivity contribution < 1.29 is 14.3 Å². The third-order valence-corrected chi connectivity index (χ3v) is 4.11. The summed E-state index contributed by atoms with van der Waals surface area (Å²) < 4.78 is 11.6. The van der Waals surface area contributed by atoms with Crippen LogP contribution in [0.15, 0.2) is 30.3 Å². The number of ether oxygens (including phenoxy) is 2. The van der Waals surface area contributed by atoms with Crippen LogP contribution in [-0.2, 0) is 20.9 Å². The summed E-state index contributed by atoms with van der Waals surface area (Å²) in [5, 5.41) is 0. The molecule has 3 nitrogen and oxygen atoms in total. The molecule has 1 aliphatic heterocycles. The largest absolute Gasteiger partial charge is 0.459 e. The van der Waals surface area contributed by atoms with Gasteiger partial charge in [0.2, 0.25) is 0 Å². The van der Waals surface area contributed by atoms with E-state index in [0.717, 1.165) is 18.4 Å². The van der Waals surface area contributed by atoms with E-state index in [4.69, 9.17) is 9.47 Å². The molecule has 1 heterocycles. The molecule has 1 fully saturated rings. The Morgan fingerprint density at radius 3 is 2.60 bits per heavy atom. The lowest BCUT2D eigenvalue weighted by Gasteiger charge is -2.28. The molecule has 0 aliphatic carbocycles. The van der Waals surface area contributed by atoms with Crippen LogP contribution in [0.3, 0.4) is 0 Å². The molecular formula is C17H24O3. The molecule has 1 saturated heterocycles.